The summed E-state index contributed by atoms with van der Waals surface area (Å²) < 4.78 is 137. The lowest BCUT2D eigenvalue weighted by Gasteiger charge is -2.36. The van der Waals surface area contributed by atoms with Gasteiger partial charge in [-0.2, -0.15) is 13.2 Å². The van der Waals surface area contributed by atoms with Crippen molar-refractivity contribution >= 4 is 5.97 Å². The van der Waals surface area contributed by atoms with Crippen molar-refractivity contribution in [3.05, 3.63) is 130 Å². The van der Waals surface area contributed by atoms with Crippen LogP contribution in [0.1, 0.15) is 47.3 Å². The van der Waals surface area contributed by atoms with Gasteiger partial charge in [-0.3, -0.25) is 0 Å². The molecule has 0 heterocycles. The van der Waals surface area contributed by atoms with E-state index < -0.39 is 80.5 Å². The fraction of sp³-hybridized carbons (Fsp3) is 0.219. The van der Waals surface area contributed by atoms with Crippen LogP contribution in [-0.2, 0) is 16.8 Å². The second-order valence-corrected chi connectivity index (χ2v) is 10.0. The summed E-state index contributed by atoms with van der Waals surface area (Å²) in [6.45, 7) is 3.76. The lowest BCUT2D eigenvalue weighted by molar-refractivity contribution is -0.248. The molecule has 2 nitrogen and oxygen atoms in total. The molecule has 4 aromatic rings. The summed E-state index contributed by atoms with van der Waals surface area (Å²) >= 11 is 0. The summed E-state index contributed by atoms with van der Waals surface area (Å²) in [5.41, 5.74) is -8.24. The van der Waals surface area contributed by atoms with Gasteiger partial charge in [0.1, 0.15) is 40.5 Å². The molecular formula is C32H23F9O2. The number of carbonyl (C=O) groups is 1. The van der Waals surface area contributed by atoms with Crippen molar-refractivity contribution in [3.63, 3.8) is 0 Å². The summed E-state index contributed by atoms with van der Waals surface area (Å²) in [5.74, 6) is -9.74. The van der Waals surface area contributed by atoms with E-state index in [-0.39, 0.29) is 5.92 Å². The molecule has 4 aromatic carbocycles. The lowest BCUT2D eigenvalue weighted by atomic mass is 9.85. The Bertz CT molecular complexity index is 1540. The van der Waals surface area contributed by atoms with Crippen LogP contribution in [-0.4, -0.2) is 12.1 Å². The van der Waals surface area contributed by atoms with Crippen LogP contribution in [0.2, 0.25) is 0 Å². The molecule has 11 heteroatoms. The largest absolute Gasteiger partial charge is 0.437 e. The molecule has 0 saturated carbocycles. The number of esters is 1. The molecule has 43 heavy (non-hydrogen) atoms. The quantitative estimate of drug-likeness (QED) is 0.147. The molecule has 0 amide bonds. The van der Waals surface area contributed by atoms with Crippen molar-refractivity contribution in [3.8, 4) is 11.1 Å². The SMILES string of the molecule is CC[C@@H](C)Cc1cc(F)c(-c2cc(F)c(C(=O)OC(c3ccc(F)cc3)(c3ccc(F)cc3)C(F)(F)F)c(F)c2)c(F)c1. The molecule has 0 aliphatic rings. The number of alkyl halides is 3. The molecule has 4 rings (SSSR count). The van der Waals surface area contributed by atoms with Gasteiger partial charge in [0, 0.05) is 11.1 Å². The van der Waals surface area contributed by atoms with Crippen molar-refractivity contribution in [2.45, 2.75) is 38.5 Å². The van der Waals surface area contributed by atoms with Crippen LogP contribution in [0.15, 0.2) is 72.8 Å². The van der Waals surface area contributed by atoms with Gasteiger partial charge in [-0.1, -0.05) is 44.5 Å². The Morgan fingerprint density at radius 3 is 1.56 bits per heavy atom. The van der Waals surface area contributed by atoms with Crippen LogP contribution in [0, 0.1) is 40.8 Å². The Hall–Kier alpha value is -4.28. The highest BCUT2D eigenvalue weighted by Gasteiger charge is 2.61. The van der Waals surface area contributed by atoms with Crippen LogP contribution in [0.4, 0.5) is 39.5 Å². The molecule has 0 fully saturated rings. The van der Waals surface area contributed by atoms with E-state index in [4.69, 9.17) is 4.74 Å². The maximum absolute atomic E-state index is 15.2. The molecule has 226 valence electrons. The second-order valence-electron chi connectivity index (χ2n) is 10.0. The minimum Gasteiger partial charge on any atom is -0.436 e. The number of carbonyl (C=O) groups excluding carboxylic acids is 1. The van der Waals surface area contributed by atoms with Crippen LogP contribution in [0.3, 0.4) is 0 Å². The molecule has 0 N–H and O–H groups in total. The summed E-state index contributed by atoms with van der Waals surface area (Å²) in [6.07, 6.45) is -4.45. The van der Waals surface area contributed by atoms with Crippen LogP contribution >= 0.6 is 0 Å². The van der Waals surface area contributed by atoms with Gasteiger partial charge in [-0.25, -0.2) is 31.1 Å². The highest BCUT2D eigenvalue weighted by atomic mass is 19.4. The molecule has 0 aliphatic carbocycles. The van der Waals surface area contributed by atoms with Gasteiger partial charge in [-0.15, -0.1) is 0 Å². The number of hydrogen-bond donors (Lipinski definition) is 0. The first-order valence-electron chi connectivity index (χ1n) is 13.0. The molecule has 1 atom stereocenters. The zero-order chi connectivity index (χ0) is 31.7. The first-order valence-corrected chi connectivity index (χ1v) is 13.0. The van der Waals surface area contributed by atoms with Gasteiger partial charge in [0.05, 0.1) is 5.56 Å². The van der Waals surface area contributed by atoms with Gasteiger partial charge < -0.3 is 4.74 Å². The van der Waals surface area contributed by atoms with E-state index in [1.165, 1.54) is 0 Å². The Balaban J connectivity index is 1.81. The predicted molar refractivity (Wildman–Crippen MR) is 140 cm³/mol. The minimum absolute atomic E-state index is 0.0958. The summed E-state index contributed by atoms with van der Waals surface area (Å²) in [4.78, 5) is 13.1. The van der Waals surface area contributed by atoms with E-state index in [1.54, 1.807) is 0 Å². The van der Waals surface area contributed by atoms with Gasteiger partial charge in [0.25, 0.3) is 5.60 Å². The summed E-state index contributed by atoms with van der Waals surface area (Å²) in [6, 6.07) is 7.93. The summed E-state index contributed by atoms with van der Waals surface area (Å²) in [5, 5.41) is 0. The smallest absolute Gasteiger partial charge is 0.436 e. The molecule has 0 saturated heterocycles. The van der Waals surface area contributed by atoms with Gasteiger partial charge in [0.15, 0.2) is 0 Å². The van der Waals surface area contributed by atoms with Crippen LogP contribution in [0.25, 0.3) is 11.1 Å². The minimum atomic E-state index is -5.52. The van der Waals surface area contributed by atoms with Gasteiger partial charge in [-0.05, 0) is 72.0 Å². The van der Waals surface area contributed by atoms with E-state index in [2.05, 4.69) is 0 Å². The number of benzene rings is 4. The molecule has 0 unspecified atom stereocenters. The lowest BCUT2D eigenvalue weighted by Crippen LogP contribution is -2.47. The molecule has 0 bridgehead atoms. The zero-order valence-corrected chi connectivity index (χ0v) is 22.6. The normalized spacial score (nSPS) is 12.7. The van der Waals surface area contributed by atoms with Crippen LogP contribution < -0.4 is 0 Å². The summed E-state index contributed by atoms with van der Waals surface area (Å²) in [7, 11) is 0. The van der Waals surface area contributed by atoms with E-state index >= 15 is 8.78 Å². The molecule has 0 aliphatic heterocycles. The Labute approximate surface area is 240 Å². The highest BCUT2D eigenvalue weighted by Crippen LogP contribution is 2.48. The van der Waals surface area contributed by atoms with Crippen molar-refractivity contribution in [1.29, 1.82) is 0 Å². The Morgan fingerprint density at radius 1 is 0.721 bits per heavy atom. The second kappa shape index (κ2) is 12.1. The third-order valence-electron chi connectivity index (χ3n) is 7.06. The molecule has 0 radical (unpaired) electrons. The number of hydrogen-bond acceptors (Lipinski definition) is 2. The molecule has 0 aromatic heterocycles. The molecular weight excluding hydrogens is 587 g/mol. The van der Waals surface area contributed by atoms with E-state index in [9.17, 15) is 35.5 Å². The van der Waals surface area contributed by atoms with Crippen molar-refractivity contribution in [1.82, 2.24) is 0 Å². The van der Waals surface area contributed by atoms with E-state index in [1.807, 2.05) is 13.8 Å². The standard InChI is InChI=1S/C32H23F9O2/c1-3-17(2)12-18-13-24(35)28(25(36)14-18)19-15-26(37)29(27(38)16-19)30(42)43-31(32(39,40)41,20-4-8-22(33)9-5-20)21-6-10-23(34)11-7-21/h4-11,13-17H,3,12H2,1-2H3/t17-/m1/s1. The van der Waals surface area contributed by atoms with Crippen molar-refractivity contribution in [2.75, 3.05) is 0 Å². The Morgan fingerprint density at radius 2 is 1.16 bits per heavy atom. The highest BCUT2D eigenvalue weighted by molar-refractivity contribution is 5.91. The van der Waals surface area contributed by atoms with Crippen molar-refractivity contribution in [2.24, 2.45) is 5.92 Å². The average molecular weight is 611 g/mol. The fourth-order valence-corrected chi connectivity index (χ4v) is 4.71. The van der Waals surface area contributed by atoms with Gasteiger partial charge in [0.2, 0.25) is 0 Å². The topological polar surface area (TPSA) is 26.3 Å². The zero-order valence-electron chi connectivity index (χ0n) is 22.6. The van der Waals surface area contributed by atoms with Crippen molar-refractivity contribution < 1.29 is 49.0 Å². The number of halogens is 9. The first kappa shape index (κ1) is 31.7. The Kier molecular flexibility index (Phi) is 8.94. The van der Waals surface area contributed by atoms with Crippen LogP contribution in [0.5, 0.6) is 0 Å². The van der Waals surface area contributed by atoms with E-state index in [0.717, 1.165) is 18.6 Å². The monoisotopic (exact) mass is 610 g/mol. The third-order valence-corrected chi connectivity index (χ3v) is 7.06. The molecule has 0 spiro atoms. The number of ether oxygens (including phenoxy) is 1. The maximum Gasteiger partial charge on any atom is 0.437 e. The number of rotatable bonds is 8. The van der Waals surface area contributed by atoms with Gasteiger partial charge >= 0.3 is 12.1 Å². The first-order chi connectivity index (χ1) is 20.2. The van der Waals surface area contributed by atoms with E-state index in [0.29, 0.717) is 72.6 Å². The maximum atomic E-state index is 15.2. The fourth-order valence-electron chi connectivity index (χ4n) is 4.71. The predicted octanol–water partition coefficient (Wildman–Crippen LogP) is 9.44. The third kappa shape index (κ3) is 6.25. The average Bonchev–Trinajstić information content (AvgIpc) is 2.91.